The number of ether oxygens (including phenoxy) is 1. The van der Waals surface area contributed by atoms with Crippen molar-refractivity contribution in [2.24, 2.45) is 0 Å². The molecule has 0 radical (unpaired) electrons. The largest absolute Gasteiger partial charge is 0.495 e. The summed E-state index contributed by atoms with van der Waals surface area (Å²) >= 11 is 17.1. The van der Waals surface area contributed by atoms with Gasteiger partial charge in [-0.2, -0.15) is 0 Å². The van der Waals surface area contributed by atoms with Crippen molar-refractivity contribution in [3.05, 3.63) is 58.1 Å². The van der Waals surface area contributed by atoms with E-state index in [1.165, 1.54) is 0 Å². The number of anilines is 1. The van der Waals surface area contributed by atoms with Gasteiger partial charge < -0.3 is 15.4 Å². The Bertz CT molecular complexity index is 649. The smallest absolute Gasteiger partial charge is 0.171 e. The van der Waals surface area contributed by atoms with Gasteiger partial charge in [0.15, 0.2) is 5.11 Å². The van der Waals surface area contributed by atoms with Crippen LogP contribution in [0.2, 0.25) is 10.0 Å². The number of benzene rings is 2. The van der Waals surface area contributed by atoms with E-state index in [4.69, 9.17) is 40.2 Å². The minimum absolute atomic E-state index is 0.505. The highest BCUT2D eigenvalue weighted by Gasteiger charge is 2.04. The lowest BCUT2D eigenvalue weighted by molar-refractivity contribution is 0.417. The summed E-state index contributed by atoms with van der Waals surface area (Å²) in [4.78, 5) is 0. The first kappa shape index (κ1) is 15.9. The molecule has 6 heteroatoms. The molecule has 0 amide bonds. The second-order valence-electron chi connectivity index (χ2n) is 4.26. The van der Waals surface area contributed by atoms with E-state index in [0.717, 1.165) is 17.0 Å². The van der Waals surface area contributed by atoms with Gasteiger partial charge in [-0.15, -0.1) is 0 Å². The number of methoxy groups -OCH3 is 1. The van der Waals surface area contributed by atoms with Crippen LogP contribution in [-0.4, -0.2) is 12.2 Å². The Morgan fingerprint density at radius 3 is 2.62 bits per heavy atom. The molecule has 110 valence electrons. The van der Waals surface area contributed by atoms with Crippen molar-refractivity contribution in [2.75, 3.05) is 12.4 Å². The van der Waals surface area contributed by atoms with Crippen LogP contribution < -0.4 is 15.4 Å². The predicted molar refractivity (Wildman–Crippen MR) is 92.5 cm³/mol. The van der Waals surface area contributed by atoms with Crippen molar-refractivity contribution in [1.82, 2.24) is 5.32 Å². The Labute approximate surface area is 139 Å². The van der Waals surface area contributed by atoms with E-state index in [1.54, 1.807) is 13.2 Å². The predicted octanol–water partition coefficient (Wildman–Crippen LogP) is 4.49. The molecular weight excluding hydrogens is 327 g/mol. The van der Waals surface area contributed by atoms with Crippen molar-refractivity contribution >= 4 is 46.2 Å². The third-order valence-electron chi connectivity index (χ3n) is 2.79. The van der Waals surface area contributed by atoms with Gasteiger partial charge in [0.05, 0.1) is 22.8 Å². The average Bonchev–Trinajstić information content (AvgIpc) is 2.49. The third kappa shape index (κ3) is 4.49. The van der Waals surface area contributed by atoms with Crippen LogP contribution in [0.4, 0.5) is 5.69 Å². The molecule has 2 aromatic rings. The molecule has 0 saturated carbocycles. The molecule has 0 fully saturated rings. The van der Waals surface area contributed by atoms with Crippen LogP contribution in [-0.2, 0) is 6.54 Å². The minimum atomic E-state index is 0.505. The monoisotopic (exact) mass is 340 g/mol. The topological polar surface area (TPSA) is 33.3 Å². The van der Waals surface area contributed by atoms with Crippen LogP contribution in [0.3, 0.4) is 0 Å². The lowest BCUT2D eigenvalue weighted by Crippen LogP contribution is -2.28. The molecule has 0 bridgehead atoms. The highest BCUT2D eigenvalue weighted by atomic mass is 35.5. The van der Waals surface area contributed by atoms with Gasteiger partial charge >= 0.3 is 0 Å². The summed E-state index contributed by atoms with van der Waals surface area (Å²) in [6.45, 7) is 0.553. The number of thiocarbonyl (C=S) groups is 1. The Balaban J connectivity index is 1.94. The fourth-order valence-corrected chi connectivity index (χ4v) is 2.25. The quantitative estimate of drug-likeness (QED) is 0.803. The van der Waals surface area contributed by atoms with Gasteiger partial charge in [-0.25, -0.2) is 0 Å². The van der Waals surface area contributed by atoms with E-state index in [1.807, 2.05) is 36.4 Å². The zero-order chi connectivity index (χ0) is 15.2. The SMILES string of the molecule is COc1ccccc1NC(=S)NCc1ccc(Cl)c(Cl)c1. The third-order valence-corrected chi connectivity index (χ3v) is 3.78. The van der Waals surface area contributed by atoms with Gasteiger partial charge in [0.2, 0.25) is 0 Å². The van der Waals surface area contributed by atoms with Crippen molar-refractivity contribution in [2.45, 2.75) is 6.54 Å². The molecule has 0 saturated heterocycles. The van der Waals surface area contributed by atoms with Crippen molar-refractivity contribution in [3.8, 4) is 5.75 Å². The molecule has 0 aliphatic rings. The molecule has 0 unspecified atom stereocenters. The maximum Gasteiger partial charge on any atom is 0.171 e. The van der Waals surface area contributed by atoms with E-state index < -0.39 is 0 Å². The van der Waals surface area contributed by atoms with Crippen LogP contribution >= 0.6 is 35.4 Å². The molecule has 2 rings (SSSR count). The molecule has 0 heterocycles. The van der Waals surface area contributed by atoms with Crippen LogP contribution in [0.15, 0.2) is 42.5 Å². The van der Waals surface area contributed by atoms with Crippen LogP contribution in [0.1, 0.15) is 5.56 Å². The maximum atomic E-state index is 5.97. The molecule has 0 spiro atoms. The number of rotatable bonds is 4. The number of hydrogen-bond acceptors (Lipinski definition) is 2. The lowest BCUT2D eigenvalue weighted by Gasteiger charge is -2.13. The Morgan fingerprint density at radius 1 is 1.14 bits per heavy atom. The summed E-state index contributed by atoms with van der Waals surface area (Å²) in [5, 5.41) is 7.77. The summed E-state index contributed by atoms with van der Waals surface area (Å²) in [5.74, 6) is 0.733. The molecule has 2 N–H and O–H groups in total. The van der Waals surface area contributed by atoms with E-state index >= 15 is 0 Å². The van der Waals surface area contributed by atoms with Gasteiger partial charge in [0.25, 0.3) is 0 Å². The molecular formula is C15H14Cl2N2OS. The zero-order valence-corrected chi connectivity index (χ0v) is 13.6. The zero-order valence-electron chi connectivity index (χ0n) is 11.3. The number of hydrogen-bond donors (Lipinski definition) is 2. The summed E-state index contributed by atoms with van der Waals surface area (Å²) < 4.78 is 5.26. The van der Waals surface area contributed by atoms with Crippen molar-refractivity contribution in [1.29, 1.82) is 0 Å². The van der Waals surface area contributed by atoms with E-state index in [9.17, 15) is 0 Å². The molecule has 0 aliphatic carbocycles. The lowest BCUT2D eigenvalue weighted by atomic mass is 10.2. The van der Waals surface area contributed by atoms with E-state index in [2.05, 4.69) is 10.6 Å². The van der Waals surface area contributed by atoms with E-state index in [-0.39, 0.29) is 0 Å². The highest BCUT2D eigenvalue weighted by molar-refractivity contribution is 7.80. The molecule has 0 atom stereocenters. The first-order chi connectivity index (χ1) is 10.1. The molecule has 0 aromatic heterocycles. The number of para-hydroxylation sites is 2. The highest BCUT2D eigenvalue weighted by Crippen LogP contribution is 2.23. The molecule has 3 nitrogen and oxygen atoms in total. The van der Waals surface area contributed by atoms with Crippen LogP contribution in [0.5, 0.6) is 5.75 Å². The molecule has 0 aliphatic heterocycles. The maximum absolute atomic E-state index is 5.97. The summed E-state index contributed by atoms with van der Waals surface area (Å²) in [6.07, 6.45) is 0. The standard InChI is InChI=1S/C15H14Cl2N2OS/c1-20-14-5-3-2-4-13(14)19-15(21)18-9-10-6-7-11(16)12(17)8-10/h2-8H,9H2,1H3,(H2,18,19,21). The van der Waals surface area contributed by atoms with Gasteiger partial charge in [0.1, 0.15) is 5.75 Å². The number of halogens is 2. The first-order valence-electron chi connectivity index (χ1n) is 6.22. The Kier molecular flexibility index (Phi) is 5.67. The normalized spacial score (nSPS) is 10.0. The van der Waals surface area contributed by atoms with Gasteiger partial charge in [-0.1, -0.05) is 41.4 Å². The van der Waals surface area contributed by atoms with E-state index in [0.29, 0.717) is 21.7 Å². The van der Waals surface area contributed by atoms with Crippen molar-refractivity contribution in [3.63, 3.8) is 0 Å². The van der Waals surface area contributed by atoms with Crippen LogP contribution in [0, 0.1) is 0 Å². The second-order valence-corrected chi connectivity index (χ2v) is 5.48. The molecule has 2 aromatic carbocycles. The van der Waals surface area contributed by atoms with Crippen LogP contribution in [0.25, 0.3) is 0 Å². The minimum Gasteiger partial charge on any atom is -0.495 e. The number of nitrogens with one attached hydrogen (secondary N) is 2. The van der Waals surface area contributed by atoms with Gasteiger partial charge in [-0.05, 0) is 42.0 Å². The molecule has 21 heavy (non-hydrogen) atoms. The second kappa shape index (κ2) is 7.50. The van der Waals surface area contributed by atoms with Crippen molar-refractivity contribution < 1.29 is 4.74 Å². The average molecular weight is 341 g/mol. The van der Waals surface area contributed by atoms with Gasteiger partial charge in [0, 0.05) is 6.54 Å². The first-order valence-corrected chi connectivity index (χ1v) is 7.38. The summed E-state index contributed by atoms with van der Waals surface area (Å²) in [6, 6.07) is 13.0. The fourth-order valence-electron chi connectivity index (χ4n) is 1.75. The van der Waals surface area contributed by atoms with Gasteiger partial charge in [-0.3, -0.25) is 0 Å². The summed E-state index contributed by atoms with van der Waals surface area (Å²) in [5.41, 5.74) is 1.81. The Hall–Kier alpha value is -1.49. The fraction of sp³-hybridized carbons (Fsp3) is 0.133. The Morgan fingerprint density at radius 2 is 1.90 bits per heavy atom. The summed E-state index contributed by atoms with van der Waals surface area (Å²) in [7, 11) is 1.62.